The molecule has 0 fully saturated rings. The second-order valence-electron chi connectivity index (χ2n) is 6.36. The highest BCUT2D eigenvalue weighted by molar-refractivity contribution is 7.80. The number of rotatable bonds is 5. The van der Waals surface area contributed by atoms with Gasteiger partial charge in [-0.3, -0.25) is 0 Å². The predicted molar refractivity (Wildman–Crippen MR) is 110 cm³/mol. The summed E-state index contributed by atoms with van der Waals surface area (Å²) in [6.07, 6.45) is 3.83. The minimum absolute atomic E-state index is 0.0107. The van der Waals surface area contributed by atoms with E-state index in [1.807, 2.05) is 6.92 Å². The lowest BCUT2D eigenvalue weighted by atomic mass is 9.95. The molecule has 0 bridgehead atoms. The largest absolute Gasteiger partial charge is 0.465 e. The summed E-state index contributed by atoms with van der Waals surface area (Å²) < 4.78 is 34.8. The summed E-state index contributed by atoms with van der Waals surface area (Å²) in [6, 6.07) is 4.78. The van der Waals surface area contributed by atoms with Gasteiger partial charge in [0, 0.05) is 4.88 Å². The Morgan fingerprint density at radius 3 is 2.71 bits per heavy atom. The van der Waals surface area contributed by atoms with E-state index in [9.17, 15) is 13.6 Å². The van der Waals surface area contributed by atoms with Crippen molar-refractivity contribution >= 4 is 45.3 Å². The molecule has 1 aromatic heterocycles. The zero-order chi connectivity index (χ0) is 20.3. The molecule has 1 heterocycles. The quantitative estimate of drug-likeness (QED) is 0.510. The van der Waals surface area contributed by atoms with Gasteiger partial charge in [-0.05, 0) is 68.1 Å². The van der Waals surface area contributed by atoms with Crippen LogP contribution in [-0.4, -0.2) is 24.8 Å². The number of fused-ring (bicyclic) bond motifs is 1. The fourth-order valence-corrected chi connectivity index (χ4v) is 4.73. The maximum Gasteiger partial charge on any atom is 0.387 e. The zero-order valence-electron chi connectivity index (χ0n) is 15.4. The first kappa shape index (κ1) is 20.5. The van der Waals surface area contributed by atoms with E-state index in [0.717, 1.165) is 41.7 Å². The van der Waals surface area contributed by atoms with Gasteiger partial charge in [0.25, 0.3) is 0 Å². The Bertz CT molecular complexity index is 900. The number of ether oxygens (including phenoxy) is 2. The molecule has 0 amide bonds. The van der Waals surface area contributed by atoms with Gasteiger partial charge >= 0.3 is 12.6 Å². The molecule has 1 aliphatic rings. The van der Waals surface area contributed by atoms with Crippen LogP contribution in [0.25, 0.3) is 0 Å². The van der Waals surface area contributed by atoms with Gasteiger partial charge in [0.2, 0.25) is 0 Å². The Labute approximate surface area is 171 Å². The SMILES string of the molecule is COC(=O)c1c(NC(=S)Nc2cc(C)ccc2OC(F)F)sc2c1CCCC2. The molecule has 28 heavy (non-hydrogen) atoms. The number of anilines is 2. The van der Waals surface area contributed by atoms with Crippen LogP contribution in [0, 0.1) is 6.92 Å². The number of methoxy groups -OCH3 is 1. The van der Waals surface area contributed by atoms with Crippen molar-refractivity contribution in [2.75, 3.05) is 17.7 Å². The Morgan fingerprint density at radius 1 is 1.25 bits per heavy atom. The molecule has 1 aliphatic carbocycles. The summed E-state index contributed by atoms with van der Waals surface area (Å²) in [5.74, 6) is -0.426. The van der Waals surface area contributed by atoms with Crippen molar-refractivity contribution in [3.63, 3.8) is 0 Å². The summed E-state index contributed by atoms with van der Waals surface area (Å²) in [5, 5.41) is 6.68. The van der Waals surface area contributed by atoms with E-state index in [1.165, 1.54) is 24.5 Å². The number of carbonyl (C=O) groups is 1. The van der Waals surface area contributed by atoms with Crippen LogP contribution in [-0.2, 0) is 17.6 Å². The molecule has 2 N–H and O–H groups in total. The van der Waals surface area contributed by atoms with Gasteiger partial charge in [-0.25, -0.2) is 4.79 Å². The number of nitrogens with one attached hydrogen (secondary N) is 2. The number of carbonyl (C=O) groups excluding carboxylic acids is 1. The third-order valence-electron chi connectivity index (χ3n) is 4.39. The Balaban J connectivity index is 1.84. The van der Waals surface area contributed by atoms with E-state index >= 15 is 0 Å². The van der Waals surface area contributed by atoms with Crippen molar-refractivity contribution in [2.45, 2.75) is 39.2 Å². The van der Waals surface area contributed by atoms with E-state index in [-0.39, 0.29) is 10.9 Å². The lowest BCUT2D eigenvalue weighted by Crippen LogP contribution is -2.21. The normalized spacial score (nSPS) is 13.0. The summed E-state index contributed by atoms with van der Waals surface area (Å²) >= 11 is 6.82. The first-order chi connectivity index (χ1) is 13.4. The van der Waals surface area contributed by atoms with Crippen molar-refractivity contribution in [1.82, 2.24) is 0 Å². The maximum atomic E-state index is 12.6. The number of esters is 1. The molecule has 5 nitrogen and oxygen atoms in total. The molecule has 0 spiro atoms. The predicted octanol–water partition coefficient (Wildman–Crippen LogP) is 5.13. The van der Waals surface area contributed by atoms with Crippen LogP contribution < -0.4 is 15.4 Å². The van der Waals surface area contributed by atoms with Gasteiger partial charge in [0.15, 0.2) is 5.11 Å². The van der Waals surface area contributed by atoms with Gasteiger partial charge in [-0.1, -0.05) is 6.07 Å². The number of thiocarbonyl (C=S) groups is 1. The fourth-order valence-electron chi connectivity index (χ4n) is 3.17. The van der Waals surface area contributed by atoms with Gasteiger partial charge in [0.1, 0.15) is 10.8 Å². The Hall–Kier alpha value is -2.26. The van der Waals surface area contributed by atoms with Gasteiger partial charge in [0.05, 0.1) is 18.4 Å². The van der Waals surface area contributed by atoms with Crippen molar-refractivity contribution in [3.05, 3.63) is 39.8 Å². The third kappa shape index (κ3) is 4.59. The summed E-state index contributed by atoms with van der Waals surface area (Å²) in [5.41, 5.74) is 2.68. The molecule has 9 heteroatoms. The summed E-state index contributed by atoms with van der Waals surface area (Å²) in [6.45, 7) is -1.11. The van der Waals surface area contributed by atoms with Gasteiger partial charge in [-0.15, -0.1) is 11.3 Å². The molecule has 1 aromatic carbocycles. The second-order valence-corrected chi connectivity index (χ2v) is 7.88. The summed E-state index contributed by atoms with van der Waals surface area (Å²) in [4.78, 5) is 13.5. The molecule has 0 unspecified atom stereocenters. The highest BCUT2D eigenvalue weighted by Gasteiger charge is 2.26. The topological polar surface area (TPSA) is 59.6 Å². The van der Waals surface area contributed by atoms with Gasteiger partial charge in [-0.2, -0.15) is 8.78 Å². The number of thiophene rings is 1. The first-order valence-electron chi connectivity index (χ1n) is 8.75. The van der Waals surface area contributed by atoms with Crippen LogP contribution in [0.1, 0.15) is 39.2 Å². The minimum atomic E-state index is -2.94. The molecule has 0 aliphatic heterocycles. The van der Waals surface area contributed by atoms with Crippen molar-refractivity contribution in [2.24, 2.45) is 0 Å². The fraction of sp³-hybridized carbons (Fsp3) is 0.368. The van der Waals surface area contributed by atoms with E-state index in [2.05, 4.69) is 15.4 Å². The van der Waals surface area contributed by atoms with Crippen molar-refractivity contribution in [3.8, 4) is 5.75 Å². The monoisotopic (exact) mass is 426 g/mol. The van der Waals surface area contributed by atoms with E-state index < -0.39 is 12.6 Å². The number of aryl methyl sites for hydroxylation is 2. The molecular formula is C19H20F2N2O3S2. The lowest BCUT2D eigenvalue weighted by Gasteiger charge is -2.15. The molecule has 0 atom stereocenters. The number of hydrogen-bond donors (Lipinski definition) is 2. The van der Waals surface area contributed by atoms with Crippen LogP contribution in [0.5, 0.6) is 5.75 Å². The highest BCUT2D eigenvalue weighted by atomic mass is 32.1. The first-order valence-corrected chi connectivity index (χ1v) is 9.98. The zero-order valence-corrected chi connectivity index (χ0v) is 17.1. The van der Waals surface area contributed by atoms with Crippen LogP contribution >= 0.6 is 23.6 Å². The molecule has 2 aromatic rings. The van der Waals surface area contributed by atoms with Crippen molar-refractivity contribution < 1.29 is 23.0 Å². The third-order valence-corrected chi connectivity index (χ3v) is 5.80. The van der Waals surface area contributed by atoms with Gasteiger partial charge < -0.3 is 20.1 Å². The molecule has 0 saturated heterocycles. The number of alkyl halides is 2. The second kappa shape index (κ2) is 8.83. The van der Waals surface area contributed by atoms with E-state index in [0.29, 0.717) is 16.3 Å². The standard InChI is InChI=1S/C19H20F2N2O3S2/c1-10-7-8-13(26-18(20)21)12(9-10)22-19(27)23-16-15(17(24)25-2)11-5-3-4-6-14(11)28-16/h7-9,18H,3-6H2,1-2H3,(H2,22,23,27). The van der Waals surface area contributed by atoms with Crippen LogP contribution in [0.4, 0.5) is 19.5 Å². The smallest absolute Gasteiger partial charge is 0.387 e. The van der Waals surface area contributed by atoms with Crippen LogP contribution in [0.2, 0.25) is 0 Å². The minimum Gasteiger partial charge on any atom is -0.465 e. The van der Waals surface area contributed by atoms with E-state index in [1.54, 1.807) is 12.1 Å². The highest BCUT2D eigenvalue weighted by Crippen LogP contribution is 2.38. The lowest BCUT2D eigenvalue weighted by molar-refractivity contribution is -0.0493. The van der Waals surface area contributed by atoms with E-state index in [4.69, 9.17) is 17.0 Å². The number of halogens is 2. The van der Waals surface area contributed by atoms with Crippen molar-refractivity contribution in [1.29, 1.82) is 0 Å². The average Bonchev–Trinajstić information content (AvgIpc) is 3.00. The molecule has 0 saturated carbocycles. The molecule has 150 valence electrons. The Morgan fingerprint density at radius 2 is 2.00 bits per heavy atom. The summed E-state index contributed by atoms with van der Waals surface area (Å²) in [7, 11) is 1.34. The maximum absolute atomic E-state index is 12.6. The van der Waals surface area contributed by atoms with Crippen LogP contribution in [0.3, 0.4) is 0 Å². The average molecular weight is 427 g/mol. The number of benzene rings is 1. The number of hydrogen-bond acceptors (Lipinski definition) is 5. The molecule has 3 rings (SSSR count). The van der Waals surface area contributed by atoms with Crippen LogP contribution in [0.15, 0.2) is 18.2 Å². The molecular weight excluding hydrogens is 406 g/mol. The molecule has 0 radical (unpaired) electrons. The Kier molecular flexibility index (Phi) is 6.46.